The van der Waals surface area contributed by atoms with Crippen LogP contribution in [0.5, 0.6) is 5.75 Å². The summed E-state index contributed by atoms with van der Waals surface area (Å²) >= 11 is 0. The molecule has 0 unspecified atom stereocenters. The number of nitrogens with zero attached hydrogens (tertiary/aromatic N) is 6. The minimum absolute atomic E-state index is 0.220. The van der Waals surface area contributed by atoms with Gasteiger partial charge in [0.05, 0.1) is 29.8 Å². The molecule has 0 bridgehead atoms. The molecule has 9 heteroatoms. The van der Waals surface area contributed by atoms with Crippen LogP contribution in [0.4, 0.5) is 0 Å². The van der Waals surface area contributed by atoms with Crippen LogP contribution in [0.1, 0.15) is 34.6 Å². The highest BCUT2D eigenvalue weighted by Gasteiger charge is 2.27. The van der Waals surface area contributed by atoms with Gasteiger partial charge in [-0.2, -0.15) is 5.26 Å². The van der Waals surface area contributed by atoms with Crippen LogP contribution in [0.15, 0.2) is 67.3 Å². The van der Waals surface area contributed by atoms with E-state index in [9.17, 15) is 10.1 Å². The third-order valence-electron chi connectivity index (χ3n) is 6.51. The smallest absolute Gasteiger partial charge is 0.248 e. The van der Waals surface area contributed by atoms with Crippen LogP contribution in [-0.4, -0.2) is 61.2 Å². The molecule has 38 heavy (non-hydrogen) atoms. The van der Waals surface area contributed by atoms with E-state index < -0.39 is 6.61 Å². The third kappa shape index (κ3) is 5.88. The maximum Gasteiger partial charge on any atom is 0.248 e. The average Bonchev–Trinajstić information content (AvgIpc) is 3.57. The highest BCUT2D eigenvalue weighted by Crippen LogP contribution is 2.28. The summed E-state index contributed by atoms with van der Waals surface area (Å²) in [4.78, 5) is 26.8. The van der Waals surface area contributed by atoms with Gasteiger partial charge >= 0.3 is 0 Å². The Morgan fingerprint density at radius 3 is 2.84 bits per heavy atom. The van der Waals surface area contributed by atoms with Crippen molar-refractivity contribution in [1.29, 1.82) is 5.26 Å². The van der Waals surface area contributed by atoms with Gasteiger partial charge in [-0.1, -0.05) is 24.3 Å². The molecule has 1 aliphatic heterocycles. The summed E-state index contributed by atoms with van der Waals surface area (Å²) in [6.07, 6.45) is 6.60. The molecule has 2 aromatic heterocycles. The number of nitriles is 1. The first-order valence-corrected chi connectivity index (χ1v) is 12.5. The first-order chi connectivity index (χ1) is 18.5. The topological polar surface area (TPSA) is 117 Å². The van der Waals surface area contributed by atoms with Crippen molar-refractivity contribution in [2.45, 2.75) is 32.4 Å². The monoisotopic (exact) mass is 508 g/mol. The van der Waals surface area contributed by atoms with E-state index >= 15 is 0 Å². The fourth-order valence-corrected chi connectivity index (χ4v) is 4.64. The average molecular weight is 509 g/mol. The maximum atomic E-state index is 11.7. The largest absolute Gasteiger partial charge is 0.487 e. The van der Waals surface area contributed by atoms with Crippen LogP contribution in [0, 0.1) is 18.3 Å². The lowest BCUT2D eigenvalue weighted by molar-refractivity contribution is -0.133. The zero-order chi connectivity index (χ0) is 26.5. The second-order valence-electron chi connectivity index (χ2n) is 9.39. The van der Waals surface area contributed by atoms with Crippen molar-refractivity contribution < 1.29 is 14.6 Å². The normalized spacial score (nSPS) is 14.9. The second-order valence-corrected chi connectivity index (χ2v) is 9.39. The number of carbonyl (C=O) groups is 1. The third-order valence-corrected chi connectivity index (χ3v) is 6.51. The van der Waals surface area contributed by atoms with Gasteiger partial charge in [-0.15, -0.1) is 0 Å². The molecule has 1 saturated heterocycles. The van der Waals surface area contributed by atoms with Crippen molar-refractivity contribution in [3.63, 3.8) is 0 Å². The molecule has 1 amide bonds. The molecule has 1 N–H and O–H groups in total. The standard InChI is InChI=1S/C29H28N6O3/c1-20-15-34(19-32-20)16-22-4-2-3-21(11-22)12-28-31-9-7-26(33-28)23-5-6-27(24(13-23)14-30)38-25-8-10-35(17-25)29(37)18-36/h2-7,9,11,13,15,19,25,36H,8,10,12,16-18H2,1H3/t25-/m1/s1. The number of aliphatic hydroxyl groups excluding tert-OH is 1. The Morgan fingerprint density at radius 2 is 2.05 bits per heavy atom. The number of ether oxygens (including phenoxy) is 1. The van der Waals surface area contributed by atoms with Gasteiger partial charge in [0.25, 0.3) is 0 Å². The first-order valence-electron chi connectivity index (χ1n) is 12.5. The molecule has 3 heterocycles. The van der Waals surface area contributed by atoms with Crippen LogP contribution in [0.3, 0.4) is 0 Å². The summed E-state index contributed by atoms with van der Waals surface area (Å²) in [5, 5.41) is 18.8. The molecule has 9 nitrogen and oxygen atoms in total. The number of hydrogen-bond acceptors (Lipinski definition) is 7. The lowest BCUT2D eigenvalue weighted by Crippen LogP contribution is -2.32. The van der Waals surface area contributed by atoms with Crippen molar-refractivity contribution >= 4 is 5.91 Å². The summed E-state index contributed by atoms with van der Waals surface area (Å²) in [7, 11) is 0. The number of hydrogen-bond donors (Lipinski definition) is 1. The number of aromatic nitrogens is 4. The fourth-order valence-electron chi connectivity index (χ4n) is 4.64. The lowest BCUT2D eigenvalue weighted by atomic mass is 10.1. The van der Waals surface area contributed by atoms with Gasteiger partial charge < -0.3 is 19.3 Å². The van der Waals surface area contributed by atoms with Crippen molar-refractivity contribution in [3.05, 3.63) is 95.5 Å². The summed E-state index contributed by atoms with van der Waals surface area (Å²) in [5.74, 6) is 0.849. The summed E-state index contributed by atoms with van der Waals surface area (Å²) in [6.45, 7) is 3.13. The number of likely N-dealkylation sites (tertiary alicyclic amines) is 1. The zero-order valence-corrected chi connectivity index (χ0v) is 21.1. The predicted octanol–water partition coefficient (Wildman–Crippen LogP) is 3.13. The van der Waals surface area contributed by atoms with E-state index in [0.29, 0.717) is 43.1 Å². The van der Waals surface area contributed by atoms with Crippen molar-refractivity contribution in [3.8, 4) is 23.1 Å². The highest BCUT2D eigenvalue weighted by molar-refractivity contribution is 5.77. The van der Waals surface area contributed by atoms with Crippen LogP contribution >= 0.6 is 0 Å². The zero-order valence-electron chi connectivity index (χ0n) is 21.1. The molecule has 0 aliphatic carbocycles. The highest BCUT2D eigenvalue weighted by atomic mass is 16.5. The summed E-state index contributed by atoms with van der Waals surface area (Å²) < 4.78 is 8.09. The Kier molecular flexibility index (Phi) is 7.43. The number of benzene rings is 2. The van der Waals surface area contributed by atoms with E-state index in [0.717, 1.165) is 29.1 Å². The van der Waals surface area contributed by atoms with Gasteiger partial charge in [0.15, 0.2) is 0 Å². The van der Waals surface area contributed by atoms with Crippen molar-refractivity contribution in [1.82, 2.24) is 24.4 Å². The second kappa shape index (κ2) is 11.2. The van der Waals surface area contributed by atoms with E-state index in [1.165, 1.54) is 5.56 Å². The van der Waals surface area contributed by atoms with Crippen LogP contribution in [0.25, 0.3) is 11.3 Å². The van der Waals surface area contributed by atoms with Gasteiger partial charge in [0, 0.05) is 43.9 Å². The molecule has 192 valence electrons. The van der Waals surface area contributed by atoms with E-state index in [1.807, 2.05) is 37.6 Å². The van der Waals surface area contributed by atoms with E-state index in [-0.39, 0.29) is 12.0 Å². The molecular weight excluding hydrogens is 480 g/mol. The SMILES string of the molecule is Cc1cn(Cc2cccc(Cc3nccc(-c4ccc(O[C@@H]5CCN(C(=O)CO)C5)c(C#N)c4)n3)c2)cn1. The van der Waals surface area contributed by atoms with E-state index in [2.05, 4.69) is 38.8 Å². The number of aliphatic hydroxyl groups is 1. The Bertz CT molecular complexity index is 1490. The first kappa shape index (κ1) is 25.1. The Morgan fingerprint density at radius 1 is 1.18 bits per heavy atom. The van der Waals surface area contributed by atoms with E-state index in [1.54, 1.807) is 23.2 Å². The number of amides is 1. The molecule has 0 radical (unpaired) electrons. The summed E-state index contributed by atoms with van der Waals surface area (Å²) in [6, 6.07) is 17.8. The number of rotatable bonds is 8. The van der Waals surface area contributed by atoms with Gasteiger partial charge in [-0.25, -0.2) is 15.0 Å². The van der Waals surface area contributed by atoms with Crippen LogP contribution in [-0.2, 0) is 17.8 Å². The molecule has 2 aromatic carbocycles. The van der Waals surface area contributed by atoms with Crippen LogP contribution < -0.4 is 4.74 Å². The quantitative estimate of drug-likeness (QED) is 0.389. The molecule has 4 aromatic rings. The fraction of sp³-hybridized carbons (Fsp3) is 0.276. The maximum absolute atomic E-state index is 11.7. The Hall–Kier alpha value is -4.55. The van der Waals surface area contributed by atoms with Gasteiger partial charge in [-0.3, -0.25) is 4.79 Å². The summed E-state index contributed by atoms with van der Waals surface area (Å²) in [5.41, 5.74) is 5.20. The minimum Gasteiger partial charge on any atom is -0.487 e. The molecule has 1 aliphatic rings. The number of imidazole rings is 1. The van der Waals surface area contributed by atoms with Gasteiger partial charge in [-0.05, 0) is 42.3 Å². The molecule has 1 atom stereocenters. The predicted molar refractivity (Wildman–Crippen MR) is 140 cm³/mol. The molecule has 0 saturated carbocycles. The van der Waals surface area contributed by atoms with Crippen molar-refractivity contribution in [2.75, 3.05) is 19.7 Å². The van der Waals surface area contributed by atoms with Crippen molar-refractivity contribution in [2.24, 2.45) is 0 Å². The molecule has 0 spiro atoms. The van der Waals surface area contributed by atoms with Gasteiger partial charge in [0.1, 0.15) is 30.4 Å². The number of carbonyl (C=O) groups excluding carboxylic acids is 1. The molecular formula is C29H28N6O3. The van der Waals surface area contributed by atoms with E-state index in [4.69, 9.17) is 14.8 Å². The molecule has 1 fully saturated rings. The molecule has 5 rings (SSSR count). The Balaban J connectivity index is 1.29. The lowest BCUT2D eigenvalue weighted by Gasteiger charge is -2.17. The van der Waals surface area contributed by atoms with Gasteiger partial charge in [0.2, 0.25) is 5.91 Å². The Labute approximate surface area is 221 Å². The number of aryl methyl sites for hydroxylation is 1. The van der Waals surface area contributed by atoms with Crippen LogP contribution in [0.2, 0.25) is 0 Å². The minimum atomic E-state index is -0.511.